The van der Waals surface area contributed by atoms with E-state index in [1.165, 1.54) is 57.8 Å². The molecule has 0 aromatic rings. The number of allylic oxidation sites excluding steroid dienone is 8. The van der Waals surface area contributed by atoms with Crippen LogP contribution in [-0.4, -0.2) is 97.3 Å². The molecule has 3 N–H and O–H groups in total. The maximum absolute atomic E-state index is 12.7. The van der Waals surface area contributed by atoms with Crippen molar-refractivity contribution in [2.24, 2.45) is 0 Å². The Morgan fingerprint density at radius 2 is 1.24 bits per heavy atom. The number of phosphoric ester groups is 1. The van der Waals surface area contributed by atoms with Crippen LogP contribution in [0.4, 0.5) is 0 Å². The average molecular weight is 839 g/mol. The lowest BCUT2D eigenvalue weighted by Gasteiger charge is -2.24. The molecule has 0 heterocycles. The third-order valence-electron chi connectivity index (χ3n) is 8.93. The molecular formula is C46H81NO10P+. The summed E-state index contributed by atoms with van der Waals surface area (Å²) in [5.41, 5.74) is 0. The van der Waals surface area contributed by atoms with E-state index in [0.29, 0.717) is 43.1 Å². The quantitative estimate of drug-likeness (QED) is 0.0137. The van der Waals surface area contributed by atoms with E-state index < -0.39 is 44.7 Å². The van der Waals surface area contributed by atoms with Crippen molar-refractivity contribution < 1.29 is 52.3 Å². The van der Waals surface area contributed by atoms with Crippen molar-refractivity contribution in [3.05, 3.63) is 72.9 Å². The normalized spacial score (nSPS) is 15.4. The minimum Gasteiger partial charge on any atom is -0.462 e. The summed E-state index contributed by atoms with van der Waals surface area (Å²) in [5.74, 6) is -0.986. The summed E-state index contributed by atoms with van der Waals surface area (Å²) in [6.45, 7) is 3.99. The van der Waals surface area contributed by atoms with Crippen LogP contribution in [0, 0.1) is 0 Å². The minimum atomic E-state index is -4.43. The van der Waals surface area contributed by atoms with Crippen LogP contribution in [0.3, 0.4) is 0 Å². The standard InChI is InChI=1S/C46H80NO10P/c1-6-8-10-11-12-13-14-15-16-17-21-24-30-36-45(50)54-40-44(41-56-58(52,53)55-39-38-47(3,4)5)57-46(51)37-31-25-29-35-43(49)34-28-23-20-18-19-22-27-33-42(48)32-26-9-7-2/h9,19-20,22-23,26-29,33-35,42-44,48-49H,6-8,10-18,21,24-25,30-32,36-41H2,1-5H3/p+1/b22-19-,23-20-,26-9-,33-27+,34-28+,35-29-/t42-,43-,44+/m0/s1. The highest BCUT2D eigenvalue weighted by atomic mass is 31.2. The zero-order valence-electron chi connectivity index (χ0n) is 36.7. The molecule has 12 heteroatoms. The minimum absolute atomic E-state index is 0.00878. The number of carbonyl (C=O) groups excluding carboxylic acids is 2. The average Bonchev–Trinajstić information content (AvgIpc) is 3.16. The molecule has 0 saturated carbocycles. The second-order valence-corrected chi connectivity index (χ2v) is 17.2. The fraction of sp³-hybridized carbons (Fsp3) is 0.696. The molecule has 0 aromatic carbocycles. The molecule has 334 valence electrons. The van der Waals surface area contributed by atoms with Gasteiger partial charge in [-0.05, 0) is 38.5 Å². The first-order valence-corrected chi connectivity index (χ1v) is 23.4. The summed E-state index contributed by atoms with van der Waals surface area (Å²) in [4.78, 5) is 35.3. The zero-order chi connectivity index (χ0) is 43.2. The van der Waals surface area contributed by atoms with Gasteiger partial charge in [-0.25, -0.2) is 4.57 Å². The van der Waals surface area contributed by atoms with Crippen molar-refractivity contribution >= 4 is 19.8 Å². The van der Waals surface area contributed by atoms with Crippen LogP contribution in [0.1, 0.15) is 142 Å². The molecule has 0 fully saturated rings. The summed E-state index contributed by atoms with van der Waals surface area (Å²) in [5, 5.41) is 20.0. The lowest BCUT2D eigenvalue weighted by molar-refractivity contribution is -0.870. The molecule has 1 unspecified atom stereocenters. The number of quaternary nitrogens is 1. The topological polar surface area (TPSA) is 149 Å². The number of nitrogens with zero attached hydrogens (tertiary/aromatic N) is 1. The Kier molecular flexibility index (Phi) is 35.7. The highest BCUT2D eigenvalue weighted by molar-refractivity contribution is 7.47. The Bertz CT molecular complexity index is 1250. The number of phosphoric acid groups is 1. The van der Waals surface area contributed by atoms with Gasteiger partial charge in [0.1, 0.15) is 19.8 Å². The number of hydrogen-bond donors (Lipinski definition) is 3. The number of unbranched alkanes of at least 4 members (excludes halogenated alkanes) is 13. The zero-order valence-corrected chi connectivity index (χ0v) is 37.6. The van der Waals surface area contributed by atoms with Gasteiger partial charge >= 0.3 is 19.8 Å². The molecular weight excluding hydrogens is 757 g/mol. The van der Waals surface area contributed by atoms with Crippen LogP contribution in [-0.2, 0) is 32.7 Å². The number of aliphatic hydroxyl groups is 2. The van der Waals surface area contributed by atoms with Crippen LogP contribution in [0.25, 0.3) is 0 Å². The van der Waals surface area contributed by atoms with Crippen LogP contribution in [0.2, 0.25) is 0 Å². The number of hydrogen-bond acceptors (Lipinski definition) is 9. The number of likely N-dealkylation sites (N-methyl/N-ethyl adjacent to an activating group) is 1. The van der Waals surface area contributed by atoms with E-state index in [4.69, 9.17) is 18.5 Å². The van der Waals surface area contributed by atoms with Gasteiger partial charge < -0.3 is 29.1 Å². The number of esters is 2. The van der Waals surface area contributed by atoms with Gasteiger partial charge in [0.05, 0.1) is 40.0 Å². The number of aliphatic hydroxyl groups excluding tert-OH is 2. The summed E-state index contributed by atoms with van der Waals surface area (Å²) in [7, 11) is 1.34. The lowest BCUT2D eigenvalue weighted by atomic mass is 10.0. The van der Waals surface area contributed by atoms with Crippen LogP contribution >= 0.6 is 7.82 Å². The van der Waals surface area contributed by atoms with Gasteiger partial charge in [0.2, 0.25) is 0 Å². The van der Waals surface area contributed by atoms with Crippen molar-refractivity contribution in [1.29, 1.82) is 0 Å². The van der Waals surface area contributed by atoms with Crippen molar-refractivity contribution in [2.75, 3.05) is 47.5 Å². The van der Waals surface area contributed by atoms with Crippen LogP contribution in [0.5, 0.6) is 0 Å². The van der Waals surface area contributed by atoms with E-state index in [0.717, 1.165) is 25.7 Å². The maximum atomic E-state index is 12.7. The van der Waals surface area contributed by atoms with Crippen LogP contribution < -0.4 is 0 Å². The lowest BCUT2D eigenvalue weighted by Crippen LogP contribution is -2.37. The fourth-order valence-electron chi connectivity index (χ4n) is 5.46. The van der Waals surface area contributed by atoms with Gasteiger partial charge in [-0.2, -0.15) is 0 Å². The Labute approximate surface area is 352 Å². The Hall–Kier alpha value is -2.63. The van der Waals surface area contributed by atoms with Crippen molar-refractivity contribution in [1.82, 2.24) is 0 Å². The van der Waals surface area contributed by atoms with Gasteiger partial charge in [0.15, 0.2) is 6.10 Å². The fourth-order valence-corrected chi connectivity index (χ4v) is 6.20. The molecule has 11 nitrogen and oxygen atoms in total. The number of rotatable bonds is 38. The van der Waals surface area contributed by atoms with E-state index in [2.05, 4.69) is 13.8 Å². The second kappa shape index (κ2) is 37.4. The van der Waals surface area contributed by atoms with Gasteiger partial charge in [0.25, 0.3) is 0 Å². The number of ether oxygens (including phenoxy) is 2. The Morgan fingerprint density at radius 1 is 0.655 bits per heavy atom. The number of carbonyl (C=O) groups is 2. The van der Waals surface area contributed by atoms with Crippen molar-refractivity contribution in [3.8, 4) is 0 Å². The predicted octanol–water partition coefficient (Wildman–Crippen LogP) is 10.2. The summed E-state index contributed by atoms with van der Waals surface area (Å²) in [6, 6.07) is 0. The third-order valence-corrected chi connectivity index (χ3v) is 9.91. The molecule has 0 aliphatic heterocycles. The van der Waals surface area contributed by atoms with E-state index in [1.807, 2.05) is 63.7 Å². The molecule has 0 radical (unpaired) electrons. The van der Waals surface area contributed by atoms with Gasteiger partial charge in [-0.3, -0.25) is 18.6 Å². The molecule has 0 bridgehead atoms. The largest absolute Gasteiger partial charge is 0.472 e. The van der Waals surface area contributed by atoms with Crippen LogP contribution in [0.15, 0.2) is 72.9 Å². The summed E-state index contributed by atoms with van der Waals surface area (Å²) in [6.07, 6.45) is 38.8. The van der Waals surface area contributed by atoms with Crippen molar-refractivity contribution in [2.45, 2.75) is 161 Å². The Balaban J connectivity index is 4.64. The smallest absolute Gasteiger partial charge is 0.462 e. The Morgan fingerprint density at radius 3 is 1.84 bits per heavy atom. The first-order valence-electron chi connectivity index (χ1n) is 21.9. The van der Waals surface area contributed by atoms with Gasteiger partial charge in [-0.1, -0.05) is 164 Å². The second-order valence-electron chi connectivity index (χ2n) is 15.8. The van der Waals surface area contributed by atoms with E-state index in [9.17, 15) is 29.3 Å². The third kappa shape index (κ3) is 40.2. The summed E-state index contributed by atoms with van der Waals surface area (Å²) < 4.78 is 34.1. The molecule has 0 aliphatic carbocycles. The van der Waals surface area contributed by atoms with Crippen molar-refractivity contribution in [3.63, 3.8) is 0 Å². The maximum Gasteiger partial charge on any atom is 0.472 e. The summed E-state index contributed by atoms with van der Waals surface area (Å²) >= 11 is 0. The SMILES string of the molecule is CC/C=C\C[C@H](O)/C=C/C=C\C/C=C\C=C\[C@H](O)/C=C\CCCC(=O)O[C@H](COC(=O)CCCCCCCCCCCCCCC)COP(=O)(O)OCC[N+](C)(C)C. The highest BCUT2D eigenvalue weighted by Gasteiger charge is 2.27. The first-order chi connectivity index (χ1) is 27.8. The van der Waals surface area contributed by atoms with E-state index in [1.54, 1.807) is 30.4 Å². The monoisotopic (exact) mass is 839 g/mol. The molecule has 0 rings (SSSR count). The molecule has 58 heavy (non-hydrogen) atoms. The molecule has 0 saturated heterocycles. The molecule has 0 aromatic heterocycles. The van der Waals surface area contributed by atoms with E-state index in [-0.39, 0.29) is 26.1 Å². The molecule has 4 atom stereocenters. The van der Waals surface area contributed by atoms with E-state index >= 15 is 0 Å². The molecule has 0 spiro atoms. The highest BCUT2D eigenvalue weighted by Crippen LogP contribution is 2.43. The predicted molar refractivity (Wildman–Crippen MR) is 236 cm³/mol. The first kappa shape index (κ1) is 55.4. The van der Waals surface area contributed by atoms with Gasteiger partial charge in [0, 0.05) is 12.8 Å². The molecule has 0 amide bonds. The van der Waals surface area contributed by atoms with Gasteiger partial charge in [-0.15, -0.1) is 0 Å². The molecule has 0 aliphatic rings.